The molecule has 0 aliphatic rings. The van der Waals surface area contributed by atoms with Gasteiger partial charge in [-0.1, -0.05) is 19.9 Å². The third kappa shape index (κ3) is 4.29. The molecule has 3 N–H and O–H groups in total. The Morgan fingerprint density at radius 2 is 2.26 bits per heavy atom. The van der Waals surface area contributed by atoms with Crippen molar-refractivity contribution in [1.29, 1.82) is 0 Å². The summed E-state index contributed by atoms with van der Waals surface area (Å²) in [5, 5.41) is 2.66. The number of rotatable bonds is 7. The van der Waals surface area contributed by atoms with Crippen LogP contribution in [0.2, 0.25) is 0 Å². The highest BCUT2D eigenvalue weighted by atomic mass is 16.1. The molecule has 1 aromatic heterocycles. The van der Waals surface area contributed by atoms with Crippen molar-refractivity contribution in [2.45, 2.75) is 32.4 Å². The summed E-state index contributed by atoms with van der Waals surface area (Å²) in [7, 11) is 1.65. The standard InChI is InChI=1S/C14H24N4O/c1-4-12(15)14(11-7-6-8-17-9-11)18(5-2)10-13(19)16-3/h6-9,12,14H,4-5,10,15H2,1-3H3,(H,16,19). The fraction of sp³-hybridized carbons (Fsp3) is 0.571. The van der Waals surface area contributed by atoms with E-state index in [0.29, 0.717) is 6.54 Å². The number of likely N-dealkylation sites (N-methyl/N-ethyl adjacent to an activating group) is 2. The monoisotopic (exact) mass is 264 g/mol. The lowest BCUT2D eigenvalue weighted by Crippen LogP contribution is -2.45. The predicted octanol–water partition coefficient (Wildman–Crippen LogP) is 0.928. The summed E-state index contributed by atoms with van der Waals surface area (Å²) in [6.07, 6.45) is 4.42. The summed E-state index contributed by atoms with van der Waals surface area (Å²) < 4.78 is 0. The first-order chi connectivity index (χ1) is 9.13. The number of carbonyl (C=O) groups is 1. The van der Waals surface area contributed by atoms with E-state index in [1.165, 1.54) is 0 Å². The van der Waals surface area contributed by atoms with E-state index in [9.17, 15) is 4.79 Å². The van der Waals surface area contributed by atoms with Gasteiger partial charge in [-0.2, -0.15) is 0 Å². The number of carbonyl (C=O) groups excluding carboxylic acids is 1. The van der Waals surface area contributed by atoms with Gasteiger partial charge in [-0.15, -0.1) is 0 Å². The molecule has 0 radical (unpaired) electrons. The van der Waals surface area contributed by atoms with Gasteiger partial charge in [-0.25, -0.2) is 0 Å². The van der Waals surface area contributed by atoms with Gasteiger partial charge in [0.15, 0.2) is 0 Å². The molecule has 0 fully saturated rings. The second-order valence-electron chi connectivity index (χ2n) is 4.54. The van der Waals surface area contributed by atoms with E-state index in [-0.39, 0.29) is 18.0 Å². The van der Waals surface area contributed by atoms with Crippen LogP contribution in [0, 0.1) is 0 Å². The second-order valence-corrected chi connectivity index (χ2v) is 4.54. The molecule has 5 nitrogen and oxygen atoms in total. The van der Waals surface area contributed by atoms with Gasteiger partial charge in [0.1, 0.15) is 0 Å². The van der Waals surface area contributed by atoms with Crippen LogP contribution in [0.5, 0.6) is 0 Å². The average Bonchev–Trinajstić information content (AvgIpc) is 2.46. The van der Waals surface area contributed by atoms with Crippen molar-refractivity contribution in [3.8, 4) is 0 Å². The number of hydrogen-bond acceptors (Lipinski definition) is 4. The lowest BCUT2D eigenvalue weighted by Gasteiger charge is -2.34. The van der Waals surface area contributed by atoms with E-state index in [1.807, 2.05) is 25.3 Å². The molecule has 1 heterocycles. The minimum atomic E-state index is -0.0196. The first-order valence-corrected chi connectivity index (χ1v) is 6.74. The maximum Gasteiger partial charge on any atom is 0.233 e. The highest BCUT2D eigenvalue weighted by molar-refractivity contribution is 5.77. The van der Waals surface area contributed by atoms with Crippen molar-refractivity contribution in [2.75, 3.05) is 20.1 Å². The van der Waals surface area contributed by atoms with E-state index in [0.717, 1.165) is 18.5 Å². The van der Waals surface area contributed by atoms with Gasteiger partial charge < -0.3 is 11.1 Å². The zero-order chi connectivity index (χ0) is 14.3. The fourth-order valence-corrected chi connectivity index (χ4v) is 2.17. The van der Waals surface area contributed by atoms with Crippen LogP contribution in [0.1, 0.15) is 31.9 Å². The molecule has 0 aliphatic heterocycles. The maximum absolute atomic E-state index is 11.6. The molecule has 1 aromatic rings. The second kappa shape index (κ2) is 7.86. The van der Waals surface area contributed by atoms with E-state index in [4.69, 9.17) is 5.73 Å². The molecule has 0 saturated carbocycles. The largest absolute Gasteiger partial charge is 0.358 e. The van der Waals surface area contributed by atoms with Gasteiger partial charge >= 0.3 is 0 Å². The molecule has 5 heteroatoms. The Kier molecular flexibility index (Phi) is 6.45. The Morgan fingerprint density at radius 3 is 2.74 bits per heavy atom. The Balaban J connectivity index is 2.98. The SMILES string of the molecule is CCC(N)C(c1cccnc1)N(CC)CC(=O)NC. The first-order valence-electron chi connectivity index (χ1n) is 6.74. The minimum Gasteiger partial charge on any atom is -0.358 e. The number of hydrogen-bond donors (Lipinski definition) is 2. The van der Waals surface area contributed by atoms with Crippen molar-refractivity contribution in [3.05, 3.63) is 30.1 Å². The third-order valence-electron chi connectivity index (χ3n) is 3.33. The van der Waals surface area contributed by atoms with Gasteiger partial charge in [0.2, 0.25) is 5.91 Å². The van der Waals surface area contributed by atoms with Gasteiger partial charge in [0, 0.05) is 25.5 Å². The van der Waals surface area contributed by atoms with Crippen LogP contribution in [0.4, 0.5) is 0 Å². The molecule has 1 amide bonds. The zero-order valence-corrected chi connectivity index (χ0v) is 12.0. The topological polar surface area (TPSA) is 71.2 Å². The molecule has 0 aliphatic carbocycles. The first kappa shape index (κ1) is 15.6. The quantitative estimate of drug-likeness (QED) is 0.768. The summed E-state index contributed by atoms with van der Waals surface area (Å²) in [6.45, 7) is 5.21. The van der Waals surface area contributed by atoms with Crippen LogP contribution in [-0.4, -0.2) is 42.0 Å². The highest BCUT2D eigenvalue weighted by Crippen LogP contribution is 2.24. The fourth-order valence-electron chi connectivity index (χ4n) is 2.17. The summed E-state index contributed by atoms with van der Waals surface area (Å²) in [5.74, 6) is -0.000886. The number of nitrogens with one attached hydrogen (secondary N) is 1. The normalized spacial score (nSPS) is 14.2. The number of nitrogens with zero attached hydrogens (tertiary/aromatic N) is 2. The third-order valence-corrected chi connectivity index (χ3v) is 3.33. The van der Waals surface area contributed by atoms with Crippen LogP contribution < -0.4 is 11.1 Å². The highest BCUT2D eigenvalue weighted by Gasteiger charge is 2.26. The van der Waals surface area contributed by atoms with Crippen molar-refractivity contribution in [3.63, 3.8) is 0 Å². The van der Waals surface area contributed by atoms with Gasteiger partial charge in [0.25, 0.3) is 0 Å². The lowest BCUT2D eigenvalue weighted by molar-refractivity contribution is -0.122. The molecule has 106 valence electrons. The van der Waals surface area contributed by atoms with Crippen molar-refractivity contribution >= 4 is 5.91 Å². The van der Waals surface area contributed by atoms with Crippen LogP contribution in [0.3, 0.4) is 0 Å². The number of amides is 1. The molecule has 0 aromatic carbocycles. The summed E-state index contributed by atoms with van der Waals surface area (Å²) >= 11 is 0. The molecule has 0 saturated heterocycles. The summed E-state index contributed by atoms with van der Waals surface area (Å²) in [5.41, 5.74) is 7.30. The predicted molar refractivity (Wildman–Crippen MR) is 76.6 cm³/mol. The van der Waals surface area contributed by atoms with E-state index in [1.54, 1.807) is 13.2 Å². The Hall–Kier alpha value is -1.46. The summed E-state index contributed by atoms with van der Waals surface area (Å²) in [6, 6.07) is 3.91. The van der Waals surface area contributed by atoms with Gasteiger partial charge in [0.05, 0.1) is 12.6 Å². The zero-order valence-electron chi connectivity index (χ0n) is 12.0. The van der Waals surface area contributed by atoms with Gasteiger partial charge in [-0.05, 0) is 24.6 Å². The van der Waals surface area contributed by atoms with Crippen LogP contribution in [0.15, 0.2) is 24.5 Å². The molecule has 2 unspecified atom stereocenters. The van der Waals surface area contributed by atoms with E-state index >= 15 is 0 Å². The van der Waals surface area contributed by atoms with Crippen LogP contribution in [0.25, 0.3) is 0 Å². The van der Waals surface area contributed by atoms with Crippen molar-refractivity contribution in [2.24, 2.45) is 5.73 Å². The van der Waals surface area contributed by atoms with Crippen molar-refractivity contribution < 1.29 is 4.79 Å². The number of nitrogens with two attached hydrogens (primary N) is 1. The molecule has 1 rings (SSSR count). The molecule has 0 bridgehead atoms. The van der Waals surface area contributed by atoms with E-state index in [2.05, 4.69) is 22.1 Å². The average molecular weight is 264 g/mol. The Morgan fingerprint density at radius 1 is 1.53 bits per heavy atom. The Bertz CT molecular complexity index is 382. The van der Waals surface area contributed by atoms with Crippen molar-refractivity contribution in [1.82, 2.24) is 15.2 Å². The molecular weight excluding hydrogens is 240 g/mol. The lowest BCUT2D eigenvalue weighted by atomic mass is 9.97. The van der Waals surface area contributed by atoms with Crippen LogP contribution in [-0.2, 0) is 4.79 Å². The smallest absolute Gasteiger partial charge is 0.233 e. The minimum absolute atomic E-state index is 0.000886. The maximum atomic E-state index is 11.6. The van der Waals surface area contributed by atoms with Crippen LogP contribution >= 0.6 is 0 Å². The molecular formula is C14H24N4O. The molecule has 19 heavy (non-hydrogen) atoms. The number of pyridine rings is 1. The molecule has 2 atom stereocenters. The molecule has 0 spiro atoms. The van der Waals surface area contributed by atoms with E-state index < -0.39 is 0 Å². The summed E-state index contributed by atoms with van der Waals surface area (Å²) in [4.78, 5) is 17.9. The van der Waals surface area contributed by atoms with Gasteiger partial charge in [-0.3, -0.25) is 14.7 Å². The Labute approximate surface area is 115 Å². The number of aromatic nitrogens is 1.